The highest BCUT2D eigenvalue weighted by molar-refractivity contribution is 7.92. The highest BCUT2D eigenvalue weighted by Gasteiger charge is 2.36. The van der Waals surface area contributed by atoms with Gasteiger partial charge in [-0.1, -0.05) is 60.1 Å². The minimum atomic E-state index is -3.52. The van der Waals surface area contributed by atoms with Gasteiger partial charge in [0.1, 0.15) is 55.6 Å². The topological polar surface area (TPSA) is 502 Å². The van der Waals surface area contributed by atoms with Gasteiger partial charge in [-0.3, -0.25) is 46.0 Å². The van der Waals surface area contributed by atoms with Crippen molar-refractivity contribution >= 4 is 187 Å². The summed E-state index contributed by atoms with van der Waals surface area (Å²) in [6.45, 7) is 3.22. The quantitative estimate of drug-likeness (QED) is 0.0274. The molecule has 144 heavy (non-hydrogen) atoms. The number of hydrogen-bond acceptors (Lipinski definition) is 30. The molecule has 14 heterocycles. The van der Waals surface area contributed by atoms with Gasteiger partial charge in [0.25, 0.3) is 22.2 Å². The van der Waals surface area contributed by atoms with Crippen LogP contribution in [0.25, 0.3) is 44.1 Å². The van der Waals surface area contributed by atoms with Gasteiger partial charge in [-0.15, -0.1) is 0 Å². The Morgan fingerprint density at radius 2 is 0.653 bits per heavy atom. The van der Waals surface area contributed by atoms with Gasteiger partial charge in [0.05, 0.1) is 117 Å². The van der Waals surface area contributed by atoms with E-state index in [9.17, 15) is 62.4 Å². The second-order valence-corrected chi connectivity index (χ2v) is 45.3. The Hall–Kier alpha value is -13.2. The molecule has 4 unspecified atom stereocenters. The van der Waals surface area contributed by atoms with Crippen LogP contribution >= 0.6 is 11.6 Å². The number of anilines is 14. The molecule has 20 rings (SSSR count). The lowest BCUT2D eigenvalue weighted by atomic mass is 10.1. The average Bonchev–Trinajstić information content (AvgIpc) is 1.60. The number of hydrogen-bond donors (Lipinski definition) is 6. The van der Waals surface area contributed by atoms with Crippen molar-refractivity contribution in [3.63, 3.8) is 0 Å². The van der Waals surface area contributed by atoms with Crippen molar-refractivity contribution in [1.29, 1.82) is 0 Å². The lowest BCUT2D eigenvalue weighted by molar-refractivity contribution is -0.120. The molecule has 13 aromatic rings. The number of sulfonamides is 4. The maximum atomic E-state index is 13.5. The number of carbonyl (C=O) groups excluding carboxylic acids is 2. The van der Waals surface area contributed by atoms with Gasteiger partial charge in [0, 0.05) is 132 Å². The summed E-state index contributed by atoms with van der Waals surface area (Å²) in [5, 5.41) is 15.0. The van der Waals surface area contributed by atoms with Gasteiger partial charge in [0.15, 0.2) is 47.5 Å². The number of nitrogens with two attached hydrogens (primary N) is 2. The van der Waals surface area contributed by atoms with E-state index in [0.29, 0.717) is 155 Å². The number of Topliss-reactive ketones (excluding diaryl/α,β-unsaturated/α-hetero) is 2. The predicted molar refractivity (Wildman–Crippen MR) is 557 cm³/mol. The van der Waals surface area contributed by atoms with E-state index >= 15 is 0 Å². The molecule has 4 aromatic carbocycles. The molecule has 4 saturated heterocycles. The van der Waals surface area contributed by atoms with E-state index in [1.165, 1.54) is 69.7 Å². The number of carbonyl (C=O) groups is 2. The zero-order chi connectivity index (χ0) is 103. The number of aromatic nitrogens is 13. The molecule has 2 aliphatic carbocycles. The number of ether oxygens (including phenoxy) is 5. The highest BCUT2D eigenvalue weighted by atomic mass is 35.5. The standard InChI is InChI=1S/2C25H31N5O5S.2C20H26N6O4S.C7H6ClNO/c2*1-28-25(32)23-19(27-18-8-4-5-9-20(18)29(2)36(3,33)34)14-17(15-21(31)16-11-12-16)26-24(23)30(28)22-10-6-7-13-35-22;2*1-24-20(27)18-14(22-13-8-4-5-9-15(13)25(2)31(3,28)29)12-16(21)23-19(18)26(24)17-10-6-7-11-30-17;8-7-3-5-1-2-10-6(5)4-9-7/h2*4-5,8-9,14,16,22H,6-7,10-13,15H2,1-3H3,(H,26,27);2*4-5,8-9,12,17H,6-7,10-11H2,1-3H3,(H3,21,22,23);3-4H,1-2H2. The number of fused-ring (bicyclic) bond motifs is 5. The van der Waals surface area contributed by atoms with Crippen molar-refractivity contribution < 1.29 is 66.9 Å². The highest BCUT2D eigenvalue weighted by Crippen LogP contribution is 2.43. The second-order valence-electron chi connectivity index (χ2n) is 36.8. The largest absolute Gasteiger partial charge is 0.491 e. The van der Waals surface area contributed by atoms with Crippen LogP contribution in [-0.2, 0) is 116 Å². The van der Waals surface area contributed by atoms with E-state index in [0.717, 1.165) is 147 Å². The van der Waals surface area contributed by atoms with E-state index < -0.39 is 40.1 Å². The summed E-state index contributed by atoms with van der Waals surface area (Å²) in [7, 11) is -1.35. The first-order valence-electron chi connectivity index (χ1n) is 47.5. The van der Waals surface area contributed by atoms with Crippen LogP contribution in [0.2, 0.25) is 5.15 Å². The first-order valence-corrected chi connectivity index (χ1v) is 55.3. The molecule has 768 valence electrons. The number of nitrogens with zero attached hydrogens (tertiary/aromatic N) is 17. The molecule has 7 aliphatic rings. The third kappa shape index (κ3) is 22.8. The maximum absolute atomic E-state index is 13.5. The summed E-state index contributed by atoms with van der Waals surface area (Å²) in [6, 6.07) is 36.3. The number of benzene rings is 4. The Labute approximate surface area is 837 Å². The van der Waals surface area contributed by atoms with Crippen LogP contribution in [0.15, 0.2) is 153 Å². The predicted octanol–water partition coefficient (Wildman–Crippen LogP) is 12.2. The van der Waals surface area contributed by atoms with Gasteiger partial charge in [-0.25, -0.2) is 96.0 Å². The molecule has 42 nitrogen and oxygen atoms in total. The van der Waals surface area contributed by atoms with Crippen LogP contribution in [0.3, 0.4) is 0 Å². The number of pyridine rings is 5. The molecule has 8 N–H and O–H groups in total. The van der Waals surface area contributed by atoms with E-state index in [1.54, 1.807) is 174 Å². The van der Waals surface area contributed by atoms with Crippen molar-refractivity contribution in [3.8, 4) is 5.75 Å². The first kappa shape index (κ1) is 104. The van der Waals surface area contributed by atoms with Crippen molar-refractivity contribution in [1.82, 2.24) is 62.4 Å². The minimum Gasteiger partial charge on any atom is -0.491 e. The molecule has 0 radical (unpaired) electrons. The first-order chi connectivity index (χ1) is 68.5. The normalized spacial score (nSPS) is 17.5. The number of nitrogen functional groups attached to an aromatic ring is 2. The van der Waals surface area contributed by atoms with Gasteiger partial charge in [-0.2, -0.15) is 0 Å². The molecule has 0 bridgehead atoms. The van der Waals surface area contributed by atoms with Crippen molar-refractivity contribution in [2.75, 3.05) is 136 Å². The summed E-state index contributed by atoms with van der Waals surface area (Å²) in [5.74, 6) is 1.81. The molecule has 47 heteroatoms. The number of nitrogens with one attached hydrogen (secondary N) is 4. The van der Waals surface area contributed by atoms with Crippen LogP contribution in [-0.4, -0.2) is 194 Å². The zero-order valence-electron chi connectivity index (χ0n) is 82.2. The Morgan fingerprint density at radius 1 is 0.382 bits per heavy atom. The van der Waals surface area contributed by atoms with Crippen LogP contribution in [0.4, 0.5) is 79.9 Å². The van der Waals surface area contributed by atoms with E-state index in [-0.39, 0.29) is 95.0 Å². The SMILES string of the molecule is CN(c1ccccc1Nc1cc(CC(=O)C2CC2)nc2c1c(=O)n(C)n2C1CCCCO1)S(C)(=O)=O.CN(c1ccccc1Nc1cc(CC(=O)C2CC2)nc2c1c(=O)n(C)n2C1CCCCO1)S(C)(=O)=O.CN(c1ccccc1Nc1cc(N)nc2c1c(=O)n(C)n2C1CCCCO1)S(C)(=O)=O.CN(c1ccccc1Nc1cc(N)nc2c1c(=O)n(C)n2C1CCCCO1)S(C)(=O)=O.Clc1cc2c(cn1)OCC2. The molecule has 0 spiro atoms. The number of rotatable bonds is 26. The summed E-state index contributed by atoms with van der Waals surface area (Å²) in [5.41, 5.74) is 20.9. The van der Waals surface area contributed by atoms with Crippen molar-refractivity contribution in [2.24, 2.45) is 40.0 Å². The minimum absolute atomic E-state index is 0.0858. The molecular formula is C97H120ClN23O19S4. The van der Waals surface area contributed by atoms with Crippen LogP contribution in [0.1, 0.15) is 145 Å². The fourth-order valence-electron chi connectivity index (χ4n) is 18.2. The van der Waals surface area contributed by atoms with Gasteiger partial charge in [-0.05, 0) is 169 Å². The second kappa shape index (κ2) is 43.0. The number of halogens is 1. The molecule has 6 fully saturated rings. The smallest absolute Gasteiger partial charge is 0.278 e. The van der Waals surface area contributed by atoms with Crippen LogP contribution in [0, 0.1) is 11.8 Å². The molecule has 0 amide bonds. The van der Waals surface area contributed by atoms with E-state index in [1.807, 2.05) is 6.07 Å². The van der Waals surface area contributed by atoms with Gasteiger partial charge in [0.2, 0.25) is 40.1 Å². The summed E-state index contributed by atoms with van der Waals surface area (Å²) in [6.07, 6.45) is 20.8. The molecule has 4 atom stereocenters. The zero-order valence-corrected chi connectivity index (χ0v) is 86.2. The van der Waals surface area contributed by atoms with Crippen molar-refractivity contribution in [2.45, 2.75) is 147 Å². The monoisotopic (exact) mass is 2070 g/mol. The van der Waals surface area contributed by atoms with E-state index in [4.69, 9.17) is 56.7 Å². The number of para-hydroxylation sites is 8. The summed E-state index contributed by atoms with van der Waals surface area (Å²) in [4.78, 5) is 101. The Morgan fingerprint density at radius 3 is 0.917 bits per heavy atom. The maximum Gasteiger partial charge on any atom is 0.278 e. The lowest BCUT2D eigenvalue weighted by Crippen LogP contribution is -2.27. The third-order valence-corrected chi connectivity index (χ3v) is 31.4. The fraction of sp³-hybridized carbons (Fsp3) is 0.433. The van der Waals surface area contributed by atoms with Gasteiger partial charge < -0.3 is 56.4 Å². The average molecular weight is 2080 g/mol. The Kier molecular flexibility index (Phi) is 30.9. The Bertz CT molecular complexity index is 7390. The third-order valence-electron chi connectivity index (χ3n) is 26.4. The summed E-state index contributed by atoms with van der Waals surface area (Å²) >= 11 is 5.66. The van der Waals surface area contributed by atoms with Crippen molar-refractivity contribution in [3.05, 3.63) is 197 Å². The van der Waals surface area contributed by atoms with E-state index in [2.05, 4.69) is 36.2 Å². The summed E-state index contributed by atoms with van der Waals surface area (Å²) < 4.78 is 144. The molecule has 9 aromatic heterocycles. The molecule has 5 aliphatic heterocycles. The molecule has 2 saturated carbocycles. The van der Waals surface area contributed by atoms with Crippen LogP contribution < -0.4 is 76.9 Å². The Balaban J connectivity index is 0.000000133. The van der Waals surface area contributed by atoms with Gasteiger partial charge >= 0.3 is 0 Å². The number of ketones is 2. The van der Waals surface area contributed by atoms with Crippen LogP contribution in [0.5, 0.6) is 5.75 Å². The fourth-order valence-corrected chi connectivity index (χ4v) is 20.4. The molecular weight excluding hydrogens is 1950 g/mol. The lowest BCUT2D eigenvalue weighted by Gasteiger charge is -2.25.